The van der Waals surface area contributed by atoms with Gasteiger partial charge in [-0.25, -0.2) is 4.98 Å². The second-order valence-electron chi connectivity index (χ2n) is 4.68. The summed E-state index contributed by atoms with van der Waals surface area (Å²) in [6, 6.07) is 9.31. The molecule has 1 aliphatic heterocycles. The lowest BCUT2D eigenvalue weighted by atomic mass is 10.1. The van der Waals surface area contributed by atoms with Crippen LogP contribution in [0.1, 0.15) is 27.7 Å². The van der Waals surface area contributed by atoms with E-state index in [-0.39, 0.29) is 12.1 Å². The standard InChI is InChI=1S/C15H15N3O2/c1-9-8-10(5-6-12(9)20-2)13-17-14-11(15(19)18-13)4-3-7-16-14/h3-8,13H,1-2H3,(H,16,17)(H,18,19). The van der Waals surface area contributed by atoms with Crippen LogP contribution in [0, 0.1) is 6.92 Å². The molecule has 0 aliphatic carbocycles. The molecule has 1 unspecified atom stereocenters. The van der Waals surface area contributed by atoms with E-state index in [9.17, 15) is 4.79 Å². The van der Waals surface area contributed by atoms with Crippen LogP contribution in [-0.2, 0) is 0 Å². The number of amides is 1. The summed E-state index contributed by atoms with van der Waals surface area (Å²) in [6.07, 6.45) is 1.38. The molecule has 2 heterocycles. The minimum absolute atomic E-state index is 0.120. The smallest absolute Gasteiger partial charge is 0.256 e. The van der Waals surface area contributed by atoms with Crippen molar-refractivity contribution >= 4 is 11.7 Å². The molecular weight excluding hydrogens is 254 g/mol. The number of nitrogens with one attached hydrogen (secondary N) is 2. The number of ether oxygens (including phenoxy) is 1. The maximum absolute atomic E-state index is 12.1. The Morgan fingerprint density at radius 2 is 2.10 bits per heavy atom. The number of hydrogen-bond acceptors (Lipinski definition) is 4. The summed E-state index contributed by atoms with van der Waals surface area (Å²) in [4.78, 5) is 16.3. The van der Waals surface area contributed by atoms with Crippen molar-refractivity contribution in [1.82, 2.24) is 10.3 Å². The van der Waals surface area contributed by atoms with E-state index in [2.05, 4.69) is 15.6 Å². The number of anilines is 1. The summed E-state index contributed by atoms with van der Waals surface area (Å²) >= 11 is 0. The molecule has 1 amide bonds. The molecule has 0 fully saturated rings. The number of fused-ring (bicyclic) bond motifs is 1. The summed E-state index contributed by atoms with van der Waals surface area (Å²) in [7, 11) is 1.64. The minimum atomic E-state index is -0.283. The zero-order valence-corrected chi connectivity index (χ0v) is 11.3. The largest absolute Gasteiger partial charge is 0.496 e. The van der Waals surface area contributed by atoms with Crippen LogP contribution < -0.4 is 15.4 Å². The summed E-state index contributed by atoms with van der Waals surface area (Å²) in [5.74, 6) is 1.31. The van der Waals surface area contributed by atoms with E-state index in [1.54, 1.807) is 25.4 Å². The Morgan fingerprint density at radius 3 is 2.85 bits per heavy atom. The predicted molar refractivity (Wildman–Crippen MR) is 75.8 cm³/mol. The predicted octanol–water partition coefficient (Wildman–Crippen LogP) is 2.25. The fourth-order valence-corrected chi connectivity index (χ4v) is 2.33. The molecule has 5 nitrogen and oxygen atoms in total. The van der Waals surface area contributed by atoms with Gasteiger partial charge >= 0.3 is 0 Å². The molecule has 1 aliphatic rings. The third-order valence-corrected chi connectivity index (χ3v) is 3.36. The first kappa shape index (κ1) is 12.5. The molecule has 1 atom stereocenters. The van der Waals surface area contributed by atoms with Crippen molar-refractivity contribution in [2.75, 3.05) is 12.4 Å². The third kappa shape index (κ3) is 2.07. The van der Waals surface area contributed by atoms with Crippen LogP contribution >= 0.6 is 0 Å². The number of pyridine rings is 1. The number of methoxy groups -OCH3 is 1. The van der Waals surface area contributed by atoms with E-state index in [4.69, 9.17) is 4.74 Å². The highest BCUT2D eigenvalue weighted by atomic mass is 16.5. The molecule has 0 radical (unpaired) electrons. The normalized spacial score (nSPS) is 16.9. The van der Waals surface area contributed by atoms with Gasteiger partial charge in [0.05, 0.1) is 12.7 Å². The second kappa shape index (κ2) is 4.85. The second-order valence-corrected chi connectivity index (χ2v) is 4.68. The maximum Gasteiger partial charge on any atom is 0.256 e. The van der Waals surface area contributed by atoms with Gasteiger partial charge in [-0.2, -0.15) is 0 Å². The molecule has 102 valence electrons. The van der Waals surface area contributed by atoms with Crippen molar-refractivity contribution in [3.05, 3.63) is 53.2 Å². The van der Waals surface area contributed by atoms with Crippen LogP contribution in [0.3, 0.4) is 0 Å². The Labute approximate surface area is 117 Å². The molecular formula is C15H15N3O2. The molecule has 0 saturated heterocycles. The number of nitrogens with zero attached hydrogens (tertiary/aromatic N) is 1. The SMILES string of the molecule is COc1ccc(C2NC(=O)c3cccnc3N2)cc1C. The number of benzene rings is 1. The monoisotopic (exact) mass is 269 g/mol. The molecule has 20 heavy (non-hydrogen) atoms. The first-order valence-corrected chi connectivity index (χ1v) is 6.36. The van der Waals surface area contributed by atoms with Crippen LogP contribution in [0.25, 0.3) is 0 Å². The summed E-state index contributed by atoms with van der Waals surface area (Å²) in [5.41, 5.74) is 2.55. The minimum Gasteiger partial charge on any atom is -0.496 e. The highest BCUT2D eigenvalue weighted by Crippen LogP contribution is 2.27. The molecule has 1 aromatic carbocycles. The van der Waals surface area contributed by atoms with E-state index in [1.165, 1.54) is 0 Å². The van der Waals surface area contributed by atoms with E-state index in [1.807, 2.05) is 25.1 Å². The summed E-state index contributed by atoms with van der Waals surface area (Å²) < 4.78 is 5.24. The van der Waals surface area contributed by atoms with Gasteiger partial charge in [0.1, 0.15) is 17.7 Å². The number of aromatic nitrogens is 1. The van der Waals surface area contributed by atoms with Gasteiger partial charge in [0.2, 0.25) is 0 Å². The number of aryl methyl sites for hydroxylation is 1. The molecule has 0 bridgehead atoms. The van der Waals surface area contributed by atoms with Crippen LogP contribution in [0.4, 0.5) is 5.82 Å². The van der Waals surface area contributed by atoms with E-state index >= 15 is 0 Å². The highest BCUT2D eigenvalue weighted by Gasteiger charge is 2.25. The molecule has 0 spiro atoms. The number of carbonyl (C=O) groups is 1. The molecule has 0 saturated carbocycles. The fraction of sp³-hybridized carbons (Fsp3) is 0.200. The van der Waals surface area contributed by atoms with Gasteiger partial charge < -0.3 is 15.4 Å². The van der Waals surface area contributed by atoms with Gasteiger partial charge in [-0.3, -0.25) is 4.79 Å². The number of hydrogen-bond donors (Lipinski definition) is 2. The number of rotatable bonds is 2. The molecule has 2 N–H and O–H groups in total. The van der Waals surface area contributed by atoms with E-state index in [0.717, 1.165) is 16.9 Å². The van der Waals surface area contributed by atoms with Gasteiger partial charge in [-0.1, -0.05) is 6.07 Å². The van der Waals surface area contributed by atoms with Crippen LogP contribution in [0.15, 0.2) is 36.5 Å². The van der Waals surface area contributed by atoms with Crippen LogP contribution in [-0.4, -0.2) is 18.0 Å². The fourth-order valence-electron chi connectivity index (χ4n) is 2.33. The first-order chi connectivity index (χ1) is 9.69. The molecule has 2 aromatic rings. The van der Waals surface area contributed by atoms with Crippen molar-refractivity contribution < 1.29 is 9.53 Å². The lowest BCUT2D eigenvalue weighted by molar-refractivity contribution is 0.0935. The number of carbonyl (C=O) groups excluding carboxylic acids is 1. The van der Waals surface area contributed by atoms with E-state index in [0.29, 0.717) is 11.4 Å². The molecule has 1 aromatic heterocycles. The van der Waals surface area contributed by atoms with Crippen molar-refractivity contribution in [2.24, 2.45) is 0 Å². The van der Waals surface area contributed by atoms with Crippen molar-refractivity contribution in [2.45, 2.75) is 13.1 Å². The van der Waals surface area contributed by atoms with E-state index < -0.39 is 0 Å². The maximum atomic E-state index is 12.1. The topological polar surface area (TPSA) is 63.2 Å². The first-order valence-electron chi connectivity index (χ1n) is 6.36. The Hall–Kier alpha value is -2.56. The lowest BCUT2D eigenvalue weighted by Crippen LogP contribution is -2.38. The van der Waals surface area contributed by atoms with Crippen LogP contribution in [0.2, 0.25) is 0 Å². The average molecular weight is 269 g/mol. The van der Waals surface area contributed by atoms with Gasteiger partial charge in [-0.05, 0) is 42.3 Å². The third-order valence-electron chi connectivity index (χ3n) is 3.36. The van der Waals surface area contributed by atoms with Crippen molar-refractivity contribution in [3.63, 3.8) is 0 Å². The van der Waals surface area contributed by atoms with Crippen LogP contribution in [0.5, 0.6) is 5.75 Å². The van der Waals surface area contributed by atoms with Crippen molar-refractivity contribution in [3.8, 4) is 5.75 Å². The van der Waals surface area contributed by atoms with Gasteiger partial charge in [0.15, 0.2) is 0 Å². The Kier molecular flexibility index (Phi) is 3.02. The van der Waals surface area contributed by atoms with Crippen molar-refractivity contribution in [1.29, 1.82) is 0 Å². The average Bonchev–Trinajstić information content (AvgIpc) is 2.47. The Morgan fingerprint density at radius 1 is 1.25 bits per heavy atom. The quantitative estimate of drug-likeness (QED) is 0.877. The highest BCUT2D eigenvalue weighted by molar-refractivity contribution is 6.00. The van der Waals surface area contributed by atoms with Gasteiger partial charge in [-0.15, -0.1) is 0 Å². The summed E-state index contributed by atoms with van der Waals surface area (Å²) in [5, 5.41) is 6.15. The summed E-state index contributed by atoms with van der Waals surface area (Å²) in [6.45, 7) is 1.97. The van der Waals surface area contributed by atoms with Gasteiger partial charge in [0, 0.05) is 6.20 Å². The Balaban J connectivity index is 1.94. The van der Waals surface area contributed by atoms with Gasteiger partial charge in [0.25, 0.3) is 5.91 Å². The molecule has 5 heteroatoms. The Bertz CT molecular complexity index is 670. The zero-order valence-electron chi connectivity index (χ0n) is 11.3. The lowest BCUT2D eigenvalue weighted by Gasteiger charge is -2.27. The molecule has 3 rings (SSSR count). The zero-order chi connectivity index (χ0) is 14.1.